The predicted molar refractivity (Wildman–Crippen MR) is 278 cm³/mol. The first kappa shape index (κ1) is 57.3. The number of unbranched alkanes of at least 4 members (excludes halogenated alkanes) is 6. The molecular weight excluding hydrogens is 1000 g/mol. The maximum Gasteiger partial charge on any atom is 0.330 e. The molecule has 6 rings (SSSR count). The van der Waals surface area contributed by atoms with E-state index < -0.39 is 47.5 Å². The van der Waals surface area contributed by atoms with Crippen molar-refractivity contribution in [2.75, 3.05) is 26.4 Å². The van der Waals surface area contributed by atoms with Crippen LogP contribution in [0.25, 0.3) is 0 Å². The number of hydrogen-bond donors (Lipinski definition) is 0. The van der Waals surface area contributed by atoms with Gasteiger partial charge in [0.25, 0.3) is 0 Å². The van der Waals surface area contributed by atoms with Crippen LogP contribution >= 0.6 is 23.5 Å². The van der Waals surface area contributed by atoms with E-state index in [1.54, 1.807) is 61.5 Å². The maximum atomic E-state index is 13.8. The van der Waals surface area contributed by atoms with Crippen molar-refractivity contribution in [2.24, 2.45) is 23.7 Å². The molecule has 0 unspecified atom stereocenters. The Morgan fingerprint density at radius 3 is 1.28 bits per heavy atom. The largest absolute Gasteiger partial charge is 0.494 e. The van der Waals surface area contributed by atoms with Gasteiger partial charge in [-0.3, -0.25) is 19.2 Å². The fourth-order valence-corrected chi connectivity index (χ4v) is 11.2. The predicted octanol–water partition coefficient (Wildman–Crippen LogP) is 11.4. The number of rotatable bonds is 26. The average molecular weight is 1060 g/mol. The second-order valence-corrected chi connectivity index (χ2v) is 20.6. The molecule has 1 heterocycles. The van der Waals surface area contributed by atoms with Gasteiger partial charge in [0.1, 0.15) is 52.2 Å². The fraction of sp³-hybridized carbons (Fsp3) is 0.439. The molecular formula is C57H62N2O14S2. The number of nitriles is 2. The van der Waals surface area contributed by atoms with E-state index >= 15 is 0 Å². The molecule has 0 amide bonds. The Hall–Kier alpha value is -7.02. The monoisotopic (exact) mass is 1060 g/mol. The van der Waals surface area contributed by atoms with Crippen molar-refractivity contribution in [1.82, 2.24) is 0 Å². The van der Waals surface area contributed by atoms with Crippen molar-refractivity contribution in [1.29, 1.82) is 10.5 Å². The number of aryl methyl sites for hydroxylation is 1. The molecule has 0 atom stereocenters. The van der Waals surface area contributed by atoms with Crippen LogP contribution in [0.1, 0.15) is 108 Å². The molecule has 2 saturated carbocycles. The molecule has 75 heavy (non-hydrogen) atoms. The van der Waals surface area contributed by atoms with Gasteiger partial charge < -0.3 is 37.9 Å². The minimum Gasteiger partial charge on any atom is -0.494 e. The van der Waals surface area contributed by atoms with Crippen molar-refractivity contribution in [3.63, 3.8) is 0 Å². The van der Waals surface area contributed by atoms with Crippen molar-refractivity contribution < 1.29 is 66.7 Å². The number of hydrogen-bond acceptors (Lipinski definition) is 18. The highest BCUT2D eigenvalue weighted by molar-refractivity contribution is 8.24. The highest BCUT2D eigenvalue weighted by Crippen LogP contribution is 2.60. The Kier molecular flexibility index (Phi) is 22.7. The Morgan fingerprint density at radius 1 is 0.520 bits per heavy atom. The van der Waals surface area contributed by atoms with Crippen molar-refractivity contribution in [2.45, 2.75) is 119 Å². The topological polar surface area (TPSA) is 224 Å². The normalized spacial score (nSPS) is 17.6. The van der Waals surface area contributed by atoms with Gasteiger partial charge in [-0.15, -0.1) is 0 Å². The van der Waals surface area contributed by atoms with Crippen LogP contribution in [0.5, 0.6) is 34.5 Å². The third kappa shape index (κ3) is 17.5. The number of nitrogens with zero attached hydrogens (tertiary/aromatic N) is 2. The number of carbonyl (C=O) groups excluding carboxylic acids is 6. The molecule has 16 nitrogen and oxygen atoms in total. The van der Waals surface area contributed by atoms with E-state index in [9.17, 15) is 39.3 Å². The molecule has 0 spiro atoms. The zero-order valence-electron chi connectivity index (χ0n) is 42.1. The minimum atomic E-state index is -0.495. The number of fused-ring (bicyclic) bond motifs is 1. The van der Waals surface area contributed by atoms with Gasteiger partial charge in [-0.2, -0.15) is 10.5 Å². The van der Waals surface area contributed by atoms with Gasteiger partial charge in [0, 0.05) is 12.2 Å². The first-order chi connectivity index (χ1) is 36.4. The van der Waals surface area contributed by atoms with Gasteiger partial charge >= 0.3 is 35.8 Å². The Morgan fingerprint density at radius 2 is 0.880 bits per heavy atom. The Balaban J connectivity index is 0.943. The van der Waals surface area contributed by atoms with Gasteiger partial charge in [-0.25, -0.2) is 9.59 Å². The lowest BCUT2D eigenvalue weighted by Crippen LogP contribution is -2.31. The van der Waals surface area contributed by atoms with Gasteiger partial charge in [0.15, 0.2) is 0 Å². The number of allylic oxidation sites excluding steroid dienone is 1. The third-order valence-corrected chi connectivity index (χ3v) is 15.5. The molecule has 18 heteroatoms. The lowest BCUT2D eigenvalue weighted by atomic mass is 9.82. The molecule has 1 aliphatic heterocycles. The third-order valence-electron chi connectivity index (χ3n) is 12.9. The maximum absolute atomic E-state index is 13.8. The number of carbonyl (C=O) groups is 6. The summed E-state index contributed by atoms with van der Waals surface area (Å²) in [4.78, 5) is 76.9. The average Bonchev–Trinajstić information content (AvgIpc) is 3.88. The zero-order valence-corrected chi connectivity index (χ0v) is 43.8. The quantitative estimate of drug-likeness (QED) is 0.0239. The van der Waals surface area contributed by atoms with Crippen LogP contribution in [0, 0.1) is 53.3 Å². The van der Waals surface area contributed by atoms with Crippen LogP contribution in [0.15, 0.2) is 99.5 Å². The summed E-state index contributed by atoms with van der Waals surface area (Å²) >= 11 is 2.20. The van der Waals surface area contributed by atoms with Crippen LogP contribution in [0.4, 0.5) is 0 Å². The second-order valence-electron chi connectivity index (χ2n) is 18.3. The van der Waals surface area contributed by atoms with E-state index in [-0.39, 0.29) is 29.0 Å². The molecule has 0 bridgehead atoms. The van der Waals surface area contributed by atoms with Gasteiger partial charge in [-0.1, -0.05) is 36.7 Å². The molecule has 3 aromatic carbocycles. The standard InChI is InChI=1S/C57H62N2O14S2/c1-4-48(60)68-32-12-8-6-10-30-66-43-22-26-45(27-23-43)70-53(62)38-14-18-40(19-15-38)55(64)72-47-34-37(3)50(52-51(47)74-57(75-52)42(35-58)36-59)73-56(65)41-20-16-39(17-21-41)54(63)71-46-28-24-44(25-29-46)67-31-11-7-9-13-33-69-49(61)5-2/h4-5,22-29,34,38-41H,1-2,6-21,30-33H2,3H3/t38-,39-,40-,41-. The number of ether oxygens (including phenoxy) is 8. The zero-order chi connectivity index (χ0) is 53.5. The first-order valence-electron chi connectivity index (χ1n) is 25.4. The van der Waals surface area contributed by atoms with Gasteiger partial charge in [0.05, 0.1) is 64.1 Å². The molecule has 0 saturated heterocycles. The molecule has 0 radical (unpaired) electrons. The molecule has 3 aliphatic rings. The van der Waals surface area contributed by atoms with E-state index in [1.165, 1.54) is 0 Å². The molecule has 0 N–H and O–H groups in total. The highest BCUT2D eigenvalue weighted by atomic mass is 32.2. The van der Waals surface area contributed by atoms with E-state index in [0.29, 0.717) is 120 Å². The second kappa shape index (κ2) is 29.8. The van der Waals surface area contributed by atoms with Crippen LogP contribution in [-0.2, 0) is 38.2 Å². The molecule has 0 aromatic heterocycles. The van der Waals surface area contributed by atoms with Crippen molar-refractivity contribution >= 4 is 59.3 Å². The van der Waals surface area contributed by atoms with Gasteiger partial charge in [0.2, 0.25) is 0 Å². The summed E-state index contributed by atoms with van der Waals surface area (Å²) in [6, 6.07) is 19.1. The van der Waals surface area contributed by atoms with Crippen LogP contribution < -0.4 is 28.4 Å². The summed E-state index contributed by atoms with van der Waals surface area (Å²) < 4.78 is 45.4. The molecule has 3 aromatic rings. The van der Waals surface area contributed by atoms with E-state index in [0.717, 1.165) is 87.0 Å². The summed E-state index contributed by atoms with van der Waals surface area (Å²) in [7, 11) is 0. The smallest absolute Gasteiger partial charge is 0.330 e. The van der Waals surface area contributed by atoms with Crippen LogP contribution in [-0.4, -0.2) is 62.2 Å². The lowest BCUT2D eigenvalue weighted by molar-refractivity contribution is -0.145. The van der Waals surface area contributed by atoms with Crippen LogP contribution in [0.3, 0.4) is 0 Å². The number of esters is 6. The highest BCUT2D eigenvalue weighted by Gasteiger charge is 2.37. The molecule has 2 fully saturated rings. The summed E-state index contributed by atoms with van der Waals surface area (Å²) in [5.41, 5.74) is 0.376. The number of benzene rings is 3. The Labute approximate surface area is 446 Å². The van der Waals surface area contributed by atoms with E-state index in [1.807, 2.05) is 12.1 Å². The van der Waals surface area contributed by atoms with E-state index in [2.05, 4.69) is 13.2 Å². The number of thioether (sulfide) groups is 2. The first-order valence-corrected chi connectivity index (χ1v) is 27.0. The minimum absolute atomic E-state index is 0.131. The van der Waals surface area contributed by atoms with Crippen molar-refractivity contribution in [3.8, 4) is 46.6 Å². The summed E-state index contributed by atoms with van der Waals surface area (Å²) in [6.45, 7) is 10.2. The molecule has 396 valence electrons. The summed E-state index contributed by atoms with van der Waals surface area (Å²) in [6.07, 6.45) is 12.4. The van der Waals surface area contributed by atoms with Crippen LogP contribution in [0.2, 0.25) is 0 Å². The Bertz CT molecular complexity index is 2620. The summed E-state index contributed by atoms with van der Waals surface area (Å²) in [5, 5.41) is 19.5. The lowest BCUT2D eigenvalue weighted by Gasteiger charge is -2.27. The van der Waals surface area contributed by atoms with Gasteiger partial charge in [-0.05, 0) is 170 Å². The fourth-order valence-electron chi connectivity index (χ4n) is 8.61. The van der Waals surface area contributed by atoms with E-state index in [4.69, 9.17) is 37.9 Å². The van der Waals surface area contributed by atoms with Crippen molar-refractivity contribution in [3.05, 3.63) is 95.3 Å². The molecule has 2 aliphatic carbocycles. The summed E-state index contributed by atoms with van der Waals surface area (Å²) in [5.74, 6) is -1.83. The SMILES string of the molecule is C=CC(=O)OCCCCCCOc1ccc(OC(=O)[C@H]2CC[C@H](C(=O)Oc3cc(C)c(OC(=O)[C@H]4CC[C@H](C(=O)Oc5ccc(OCCCCCCOC(=O)C=C)cc5)CC4)c4c3SC(=C(C#N)C#N)S4)CC2)cc1.